The van der Waals surface area contributed by atoms with E-state index in [2.05, 4.69) is 36.2 Å². The number of para-hydroxylation sites is 1. The smallest absolute Gasteiger partial charge is 0.0424 e. The third kappa shape index (κ3) is 1.16. The van der Waals surface area contributed by atoms with Gasteiger partial charge in [-0.25, -0.2) is 0 Å². The molecule has 0 bridgehead atoms. The summed E-state index contributed by atoms with van der Waals surface area (Å²) >= 11 is 0. The van der Waals surface area contributed by atoms with Gasteiger partial charge >= 0.3 is 0 Å². The van der Waals surface area contributed by atoms with Gasteiger partial charge in [-0.2, -0.15) is 0 Å². The fourth-order valence-corrected chi connectivity index (χ4v) is 3.18. The van der Waals surface area contributed by atoms with Crippen molar-refractivity contribution in [3.63, 3.8) is 0 Å². The Morgan fingerprint density at radius 1 is 1.07 bits per heavy atom. The second kappa shape index (κ2) is 3.13. The zero-order chi connectivity index (χ0) is 10.3. The number of benzene rings is 1. The van der Waals surface area contributed by atoms with E-state index in [4.69, 9.17) is 0 Å². The molecular formula is C14H17N. The number of fused-ring (bicyclic) bond motifs is 2. The van der Waals surface area contributed by atoms with Crippen LogP contribution in [0.3, 0.4) is 0 Å². The number of nitrogens with one attached hydrogen (secondary N) is 1. The van der Waals surface area contributed by atoms with Crippen LogP contribution in [-0.4, -0.2) is 0 Å². The van der Waals surface area contributed by atoms with Gasteiger partial charge in [0.15, 0.2) is 0 Å². The van der Waals surface area contributed by atoms with Crippen LogP contribution in [0.4, 0.5) is 5.69 Å². The Balaban J connectivity index is 2.11. The van der Waals surface area contributed by atoms with Gasteiger partial charge in [-0.15, -0.1) is 0 Å². The number of hydrogen-bond acceptors (Lipinski definition) is 1. The average molecular weight is 199 g/mol. The van der Waals surface area contributed by atoms with Crippen molar-refractivity contribution in [1.29, 1.82) is 0 Å². The molecule has 0 amide bonds. The van der Waals surface area contributed by atoms with Crippen molar-refractivity contribution >= 4 is 5.69 Å². The van der Waals surface area contributed by atoms with E-state index < -0.39 is 0 Å². The normalized spacial score (nSPS) is 22.5. The van der Waals surface area contributed by atoms with E-state index >= 15 is 0 Å². The molecule has 0 saturated heterocycles. The fourth-order valence-electron chi connectivity index (χ4n) is 3.18. The van der Waals surface area contributed by atoms with Crippen molar-refractivity contribution in [2.45, 2.75) is 37.5 Å². The zero-order valence-corrected chi connectivity index (χ0v) is 9.05. The SMILES string of the molecule is C=C1Nc2ccccc2C12CCCCC2. The summed E-state index contributed by atoms with van der Waals surface area (Å²) in [7, 11) is 0. The highest BCUT2D eigenvalue weighted by Crippen LogP contribution is 2.51. The number of anilines is 1. The van der Waals surface area contributed by atoms with Crippen molar-refractivity contribution in [1.82, 2.24) is 0 Å². The molecule has 0 aromatic heterocycles. The lowest BCUT2D eigenvalue weighted by Gasteiger charge is -2.34. The highest BCUT2D eigenvalue weighted by atomic mass is 15.0. The van der Waals surface area contributed by atoms with Gasteiger partial charge in [0.2, 0.25) is 0 Å². The van der Waals surface area contributed by atoms with Crippen LogP contribution >= 0.6 is 0 Å². The predicted octanol–water partition coefficient (Wildman–Crippen LogP) is 3.83. The monoisotopic (exact) mass is 199 g/mol. The zero-order valence-electron chi connectivity index (χ0n) is 9.05. The van der Waals surface area contributed by atoms with Crippen molar-refractivity contribution < 1.29 is 0 Å². The Hall–Kier alpha value is -1.24. The Morgan fingerprint density at radius 2 is 1.80 bits per heavy atom. The maximum atomic E-state index is 4.23. The standard InChI is InChI=1S/C14H17N/c1-11-14(9-5-2-6-10-14)12-7-3-4-8-13(12)15-11/h3-4,7-8,15H,1-2,5-6,9-10H2. The van der Waals surface area contributed by atoms with Gasteiger partial charge < -0.3 is 5.32 Å². The molecule has 1 aliphatic heterocycles. The first-order chi connectivity index (χ1) is 7.33. The van der Waals surface area contributed by atoms with Crippen LogP contribution in [0, 0.1) is 0 Å². The minimum absolute atomic E-state index is 0.259. The molecule has 1 nitrogen and oxygen atoms in total. The van der Waals surface area contributed by atoms with Gasteiger partial charge in [0.05, 0.1) is 0 Å². The van der Waals surface area contributed by atoms with Crippen LogP contribution in [0.25, 0.3) is 0 Å². The molecule has 15 heavy (non-hydrogen) atoms. The first kappa shape index (κ1) is 9.02. The Morgan fingerprint density at radius 3 is 2.60 bits per heavy atom. The molecule has 0 atom stereocenters. The third-order valence-corrected chi connectivity index (χ3v) is 4.01. The first-order valence-electron chi connectivity index (χ1n) is 5.89. The molecule has 0 unspecified atom stereocenters. The highest BCUT2D eigenvalue weighted by Gasteiger charge is 2.42. The average Bonchev–Trinajstić information content (AvgIpc) is 2.55. The molecule has 1 N–H and O–H groups in total. The lowest BCUT2D eigenvalue weighted by Crippen LogP contribution is -2.28. The summed E-state index contributed by atoms with van der Waals surface area (Å²) in [6, 6.07) is 8.69. The summed E-state index contributed by atoms with van der Waals surface area (Å²) in [5.41, 5.74) is 4.25. The fraction of sp³-hybridized carbons (Fsp3) is 0.429. The summed E-state index contributed by atoms with van der Waals surface area (Å²) in [5, 5.41) is 3.46. The van der Waals surface area contributed by atoms with Gasteiger partial charge in [-0.1, -0.05) is 44.0 Å². The molecular weight excluding hydrogens is 182 g/mol. The van der Waals surface area contributed by atoms with Gasteiger partial charge in [-0.05, 0) is 24.5 Å². The van der Waals surface area contributed by atoms with Crippen LogP contribution in [0.5, 0.6) is 0 Å². The van der Waals surface area contributed by atoms with Crippen LogP contribution in [0.1, 0.15) is 37.7 Å². The number of rotatable bonds is 0. The summed E-state index contributed by atoms with van der Waals surface area (Å²) in [6.45, 7) is 4.23. The molecule has 1 heteroatoms. The molecule has 1 fully saturated rings. The molecule has 1 spiro atoms. The van der Waals surface area contributed by atoms with Crippen LogP contribution in [0.2, 0.25) is 0 Å². The number of hydrogen-bond donors (Lipinski definition) is 1. The molecule has 2 aliphatic rings. The van der Waals surface area contributed by atoms with Crippen LogP contribution < -0.4 is 5.32 Å². The molecule has 1 heterocycles. The van der Waals surface area contributed by atoms with Crippen molar-refractivity contribution in [2.75, 3.05) is 5.32 Å². The van der Waals surface area contributed by atoms with Gasteiger partial charge in [0, 0.05) is 16.8 Å². The van der Waals surface area contributed by atoms with Crippen LogP contribution in [-0.2, 0) is 5.41 Å². The molecule has 1 aromatic carbocycles. The van der Waals surface area contributed by atoms with E-state index in [-0.39, 0.29) is 5.41 Å². The summed E-state index contributed by atoms with van der Waals surface area (Å²) in [4.78, 5) is 0. The first-order valence-corrected chi connectivity index (χ1v) is 5.89. The summed E-state index contributed by atoms with van der Waals surface area (Å²) in [6.07, 6.45) is 6.62. The quantitative estimate of drug-likeness (QED) is 0.669. The molecule has 1 saturated carbocycles. The number of allylic oxidation sites excluding steroid dienone is 1. The summed E-state index contributed by atoms with van der Waals surface area (Å²) < 4.78 is 0. The van der Waals surface area contributed by atoms with E-state index in [1.165, 1.54) is 49.1 Å². The van der Waals surface area contributed by atoms with Crippen molar-refractivity contribution in [2.24, 2.45) is 0 Å². The van der Waals surface area contributed by atoms with Crippen molar-refractivity contribution in [3.8, 4) is 0 Å². The molecule has 3 rings (SSSR count). The highest BCUT2D eigenvalue weighted by molar-refractivity contribution is 5.68. The Bertz CT molecular complexity index is 400. The second-order valence-corrected chi connectivity index (χ2v) is 4.79. The minimum Gasteiger partial charge on any atom is -0.358 e. The molecule has 0 radical (unpaired) electrons. The lowest BCUT2D eigenvalue weighted by molar-refractivity contribution is 0.351. The second-order valence-electron chi connectivity index (χ2n) is 4.79. The molecule has 1 aromatic rings. The third-order valence-electron chi connectivity index (χ3n) is 4.01. The van der Waals surface area contributed by atoms with Gasteiger partial charge in [0.25, 0.3) is 0 Å². The molecule has 78 valence electrons. The van der Waals surface area contributed by atoms with Crippen LogP contribution in [0.15, 0.2) is 36.5 Å². The molecule has 1 aliphatic carbocycles. The Kier molecular flexibility index (Phi) is 1.88. The van der Waals surface area contributed by atoms with Gasteiger partial charge in [0.1, 0.15) is 0 Å². The van der Waals surface area contributed by atoms with E-state index in [9.17, 15) is 0 Å². The van der Waals surface area contributed by atoms with E-state index in [1.807, 2.05) is 0 Å². The van der Waals surface area contributed by atoms with E-state index in [1.54, 1.807) is 0 Å². The topological polar surface area (TPSA) is 12.0 Å². The van der Waals surface area contributed by atoms with Gasteiger partial charge in [-0.3, -0.25) is 0 Å². The maximum Gasteiger partial charge on any atom is 0.0424 e. The maximum absolute atomic E-state index is 4.23. The predicted molar refractivity (Wildman–Crippen MR) is 64.0 cm³/mol. The minimum atomic E-state index is 0.259. The lowest BCUT2D eigenvalue weighted by atomic mass is 9.69. The summed E-state index contributed by atoms with van der Waals surface area (Å²) in [5.74, 6) is 0. The van der Waals surface area contributed by atoms with E-state index in [0.29, 0.717) is 0 Å². The largest absolute Gasteiger partial charge is 0.358 e. The van der Waals surface area contributed by atoms with Crippen molar-refractivity contribution in [3.05, 3.63) is 42.1 Å². The van der Waals surface area contributed by atoms with E-state index in [0.717, 1.165) is 0 Å². The Labute approximate surface area is 91.2 Å².